The molecule has 0 radical (unpaired) electrons. The third-order valence-electron chi connectivity index (χ3n) is 4.24. The van der Waals surface area contributed by atoms with Gasteiger partial charge in [0.2, 0.25) is 0 Å². The molecule has 0 fully saturated rings. The molecule has 0 aliphatic heterocycles. The van der Waals surface area contributed by atoms with Gasteiger partial charge >= 0.3 is 0 Å². The van der Waals surface area contributed by atoms with Gasteiger partial charge in [0.1, 0.15) is 11.5 Å². The summed E-state index contributed by atoms with van der Waals surface area (Å²) in [5, 5.41) is 2.84. The van der Waals surface area contributed by atoms with Crippen LogP contribution in [0.1, 0.15) is 43.0 Å². The highest BCUT2D eigenvalue weighted by Gasteiger charge is 2.17. The lowest BCUT2D eigenvalue weighted by Crippen LogP contribution is -2.16. The summed E-state index contributed by atoms with van der Waals surface area (Å²) in [6.45, 7) is 14.8. The van der Waals surface area contributed by atoms with Crippen LogP contribution in [-0.4, -0.2) is 20.4 Å². The standard InChI is InChI=1S/C20H27O2P.C2H6/c1-8-23(17-9-13(2)19(21-6)14(3)10-17)18-11-15(4)20(22-7)16(5)12-18;1-2/h9-12H,8H2,1-7H3;1-2H3. The summed E-state index contributed by atoms with van der Waals surface area (Å²) in [6, 6.07) is 9.15. The van der Waals surface area contributed by atoms with Crippen LogP contribution < -0.4 is 20.1 Å². The van der Waals surface area contributed by atoms with Crippen molar-refractivity contribution in [2.24, 2.45) is 0 Å². The molecule has 2 rings (SSSR count). The van der Waals surface area contributed by atoms with E-state index in [1.165, 1.54) is 32.9 Å². The predicted octanol–water partition coefficient (Wildman–Crippen LogP) is 5.42. The first-order valence-corrected chi connectivity index (χ1v) is 10.5. The van der Waals surface area contributed by atoms with Gasteiger partial charge in [0.05, 0.1) is 14.2 Å². The molecule has 3 heteroatoms. The summed E-state index contributed by atoms with van der Waals surface area (Å²) in [4.78, 5) is 0. The minimum absolute atomic E-state index is 0.359. The van der Waals surface area contributed by atoms with Gasteiger partial charge in [-0.1, -0.05) is 20.8 Å². The van der Waals surface area contributed by atoms with E-state index in [-0.39, 0.29) is 7.92 Å². The Labute approximate surface area is 155 Å². The van der Waals surface area contributed by atoms with Crippen molar-refractivity contribution >= 4 is 18.5 Å². The van der Waals surface area contributed by atoms with E-state index in [1.807, 2.05) is 13.8 Å². The lowest BCUT2D eigenvalue weighted by molar-refractivity contribution is 0.408. The molecule has 0 saturated heterocycles. The number of hydrogen-bond acceptors (Lipinski definition) is 2. The van der Waals surface area contributed by atoms with Gasteiger partial charge in [-0.15, -0.1) is 0 Å². The molecule has 0 bridgehead atoms. The molecular weight excluding hydrogens is 327 g/mol. The van der Waals surface area contributed by atoms with Crippen molar-refractivity contribution in [1.82, 2.24) is 0 Å². The lowest BCUT2D eigenvalue weighted by atomic mass is 10.1. The highest BCUT2D eigenvalue weighted by Crippen LogP contribution is 2.37. The van der Waals surface area contributed by atoms with Crippen LogP contribution in [-0.2, 0) is 0 Å². The van der Waals surface area contributed by atoms with E-state index < -0.39 is 0 Å². The largest absolute Gasteiger partial charge is 0.496 e. The molecule has 0 aliphatic rings. The average molecular weight is 360 g/mol. The van der Waals surface area contributed by atoms with Crippen LogP contribution in [0.3, 0.4) is 0 Å². The minimum atomic E-state index is -0.359. The van der Waals surface area contributed by atoms with E-state index in [0.29, 0.717) is 0 Å². The fourth-order valence-electron chi connectivity index (χ4n) is 3.32. The monoisotopic (exact) mass is 360 g/mol. The van der Waals surface area contributed by atoms with Crippen LogP contribution in [0.5, 0.6) is 11.5 Å². The van der Waals surface area contributed by atoms with E-state index in [0.717, 1.165) is 17.7 Å². The van der Waals surface area contributed by atoms with Crippen molar-refractivity contribution in [2.45, 2.75) is 48.5 Å². The molecule has 0 atom stereocenters. The van der Waals surface area contributed by atoms with E-state index in [2.05, 4.69) is 58.9 Å². The van der Waals surface area contributed by atoms with E-state index in [9.17, 15) is 0 Å². The summed E-state index contributed by atoms with van der Waals surface area (Å²) in [6.07, 6.45) is 1.13. The number of ether oxygens (including phenoxy) is 2. The van der Waals surface area contributed by atoms with Crippen LogP contribution in [0, 0.1) is 27.7 Å². The fourth-order valence-corrected chi connectivity index (χ4v) is 5.75. The van der Waals surface area contributed by atoms with Crippen molar-refractivity contribution in [2.75, 3.05) is 20.4 Å². The Morgan fingerprint density at radius 1 is 0.680 bits per heavy atom. The number of aryl methyl sites for hydroxylation is 4. The molecule has 138 valence electrons. The van der Waals surface area contributed by atoms with Crippen LogP contribution in [0.4, 0.5) is 0 Å². The van der Waals surface area contributed by atoms with E-state index in [4.69, 9.17) is 9.47 Å². The number of hydrogen-bond donors (Lipinski definition) is 0. The summed E-state index contributed by atoms with van der Waals surface area (Å²) >= 11 is 0. The van der Waals surface area contributed by atoms with Gasteiger partial charge in [-0.3, -0.25) is 0 Å². The first kappa shape index (κ1) is 21.5. The second-order valence-electron chi connectivity index (χ2n) is 5.97. The number of methoxy groups -OCH3 is 2. The van der Waals surface area contributed by atoms with E-state index in [1.54, 1.807) is 14.2 Å². The first-order valence-electron chi connectivity index (χ1n) is 9.00. The molecule has 0 saturated carbocycles. The van der Waals surface area contributed by atoms with Gasteiger partial charge in [-0.05, 0) is 98.9 Å². The Bertz CT molecular complexity index is 602. The molecule has 2 aromatic rings. The number of rotatable bonds is 5. The lowest BCUT2D eigenvalue weighted by Gasteiger charge is -2.21. The summed E-state index contributed by atoms with van der Waals surface area (Å²) in [7, 11) is 3.13. The van der Waals surface area contributed by atoms with Crippen LogP contribution in [0.25, 0.3) is 0 Å². The SMILES string of the molecule is CC.CCP(c1cc(C)c(OC)c(C)c1)c1cc(C)c(OC)c(C)c1. The molecule has 0 N–H and O–H groups in total. The smallest absolute Gasteiger partial charge is 0.124 e. The molecule has 0 heterocycles. The fraction of sp³-hybridized carbons (Fsp3) is 0.455. The third-order valence-corrected chi connectivity index (χ3v) is 6.63. The second-order valence-corrected chi connectivity index (χ2v) is 8.49. The quantitative estimate of drug-likeness (QED) is 0.663. The maximum atomic E-state index is 5.51. The van der Waals surface area contributed by atoms with Crippen LogP contribution >= 0.6 is 7.92 Å². The second kappa shape index (κ2) is 9.82. The Morgan fingerprint density at radius 2 is 0.960 bits per heavy atom. The zero-order valence-corrected chi connectivity index (χ0v) is 18.2. The molecule has 2 nitrogen and oxygen atoms in total. The Hall–Kier alpha value is -1.53. The molecule has 25 heavy (non-hydrogen) atoms. The zero-order chi connectivity index (χ0) is 19.1. The van der Waals surface area contributed by atoms with Crippen molar-refractivity contribution in [1.29, 1.82) is 0 Å². The maximum absolute atomic E-state index is 5.51. The van der Waals surface area contributed by atoms with Gasteiger partial charge in [-0.2, -0.15) is 0 Å². The van der Waals surface area contributed by atoms with Crippen molar-refractivity contribution in [3.8, 4) is 11.5 Å². The molecule has 0 spiro atoms. The van der Waals surface area contributed by atoms with Crippen LogP contribution in [0.2, 0.25) is 0 Å². The van der Waals surface area contributed by atoms with Crippen molar-refractivity contribution in [3.63, 3.8) is 0 Å². The predicted molar refractivity (Wildman–Crippen MR) is 113 cm³/mol. The molecule has 0 aliphatic carbocycles. The van der Waals surface area contributed by atoms with Crippen LogP contribution in [0.15, 0.2) is 24.3 Å². The van der Waals surface area contributed by atoms with Gasteiger partial charge in [0.15, 0.2) is 0 Å². The molecule has 2 aromatic carbocycles. The highest BCUT2D eigenvalue weighted by molar-refractivity contribution is 7.73. The molecule has 0 amide bonds. The maximum Gasteiger partial charge on any atom is 0.124 e. The Morgan fingerprint density at radius 3 is 1.16 bits per heavy atom. The topological polar surface area (TPSA) is 18.5 Å². The van der Waals surface area contributed by atoms with Gasteiger partial charge in [0, 0.05) is 0 Å². The van der Waals surface area contributed by atoms with Gasteiger partial charge in [0.25, 0.3) is 0 Å². The summed E-state index contributed by atoms with van der Waals surface area (Å²) in [5.41, 5.74) is 4.85. The summed E-state index contributed by atoms with van der Waals surface area (Å²) in [5.74, 6) is 2.00. The third kappa shape index (κ3) is 4.76. The Kier molecular flexibility index (Phi) is 8.45. The van der Waals surface area contributed by atoms with Gasteiger partial charge in [-0.25, -0.2) is 0 Å². The zero-order valence-electron chi connectivity index (χ0n) is 17.3. The first-order chi connectivity index (χ1) is 11.9. The molecular formula is C22H33O2P. The van der Waals surface area contributed by atoms with E-state index >= 15 is 0 Å². The summed E-state index contributed by atoms with van der Waals surface area (Å²) < 4.78 is 11.0. The Balaban J connectivity index is 0.00000151. The van der Waals surface area contributed by atoms with Crippen molar-refractivity contribution in [3.05, 3.63) is 46.5 Å². The number of benzene rings is 2. The highest BCUT2D eigenvalue weighted by atomic mass is 31.1. The van der Waals surface area contributed by atoms with Gasteiger partial charge < -0.3 is 9.47 Å². The van der Waals surface area contributed by atoms with Crippen molar-refractivity contribution < 1.29 is 9.47 Å². The normalized spacial score (nSPS) is 10.3. The molecule has 0 aromatic heterocycles. The average Bonchev–Trinajstić information content (AvgIpc) is 2.57. The minimum Gasteiger partial charge on any atom is -0.496 e. The molecule has 0 unspecified atom stereocenters.